The van der Waals surface area contributed by atoms with Crippen LogP contribution in [0.2, 0.25) is 0 Å². The van der Waals surface area contributed by atoms with Gasteiger partial charge in [-0.05, 0) is 98.0 Å². The Labute approximate surface area is 247 Å². The van der Waals surface area contributed by atoms with Gasteiger partial charge in [-0.25, -0.2) is 8.42 Å². The zero-order chi connectivity index (χ0) is 29.7. The molecule has 5 rings (SSSR count). The van der Waals surface area contributed by atoms with Gasteiger partial charge in [0.05, 0.1) is 22.8 Å². The average molecular weight is 586 g/mol. The number of ether oxygens (including phenoxy) is 2. The molecule has 1 saturated heterocycles. The second kappa shape index (κ2) is 12.9. The molecular weight excluding hydrogens is 550 g/mol. The van der Waals surface area contributed by atoms with Crippen LogP contribution in [-0.4, -0.2) is 57.9 Å². The predicted octanol–water partition coefficient (Wildman–Crippen LogP) is 5.43. The first-order valence-corrected chi connectivity index (χ1v) is 15.9. The van der Waals surface area contributed by atoms with E-state index < -0.39 is 9.84 Å². The summed E-state index contributed by atoms with van der Waals surface area (Å²) >= 11 is 0. The fraction of sp³-hybridized carbons (Fsp3) is 0.333. The molecule has 0 bridgehead atoms. The lowest BCUT2D eigenvalue weighted by molar-refractivity contribution is -0.112. The molecule has 3 aromatic rings. The molecule has 0 aliphatic carbocycles. The van der Waals surface area contributed by atoms with Gasteiger partial charge in [0, 0.05) is 37.1 Å². The maximum atomic E-state index is 13.3. The van der Waals surface area contributed by atoms with Crippen molar-refractivity contribution < 1.29 is 22.7 Å². The first-order valence-electron chi connectivity index (χ1n) is 14.2. The molecule has 0 radical (unpaired) electrons. The van der Waals surface area contributed by atoms with E-state index in [0.717, 1.165) is 49.3 Å². The number of nitrogens with zero attached hydrogens (tertiary/aromatic N) is 2. The molecule has 8 nitrogen and oxygen atoms in total. The normalized spacial score (nSPS) is 16.6. The minimum Gasteiger partial charge on any atom is -0.492 e. The number of fused-ring (bicyclic) bond motifs is 1. The minimum atomic E-state index is -3.58. The van der Waals surface area contributed by atoms with Crippen LogP contribution in [0, 0.1) is 11.3 Å². The molecule has 0 unspecified atom stereocenters. The molecule has 0 atom stereocenters. The molecule has 1 N–H and O–H groups in total. The van der Waals surface area contributed by atoms with Crippen molar-refractivity contribution in [2.45, 2.75) is 43.7 Å². The fourth-order valence-electron chi connectivity index (χ4n) is 5.43. The van der Waals surface area contributed by atoms with Gasteiger partial charge in [-0.15, -0.1) is 0 Å². The number of sulfone groups is 1. The van der Waals surface area contributed by atoms with Gasteiger partial charge >= 0.3 is 0 Å². The van der Waals surface area contributed by atoms with Gasteiger partial charge in [0.2, 0.25) is 0 Å². The van der Waals surface area contributed by atoms with Crippen LogP contribution < -0.4 is 10.1 Å². The summed E-state index contributed by atoms with van der Waals surface area (Å²) in [5.41, 5.74) is 4.63. The number of carbonyl (C=O) groups excluding carboxylic acids is 1. The number of hydrogen-bond acceptors (Lipinski definition) is 7. The minimum absolute atomic E-state index is 0.109. The molecule has 0 aromatic heterocycles. The number of rotatable bonds is 8. The summed E-state index contributed by atoms with van der Waals surface area (Å²) in [6.45, 7) is 4.67. The second-order valence-corrected chi connectivity index (χ2v) is 12.7. The third-order valence-corrected chi connectivity index (χ3v) is 9.58. The van der Waals surface area contributed by atoms with Gasteiger partial charge in [-0.1, -0.05) is 24.3 Å². The van der Waals surface area contributed by atoms with E-state index in [1.54, 1.807) is 42.5 Å². The number of amides is 1. The first kappa shape index (κ1) is 29.5. The molecular formula is C33H35N3O5S. The summed E-state index contributed by atoms with van der Waals surface area (Å²) in [6.07, 6.45) is 3.84. The van der Waals surface area contributed by atoms with Crippen molar-refractivity contribution in [2.24, 2.45) is 0 Å². The van der Waals surface area contributed by atoms with Crippen LogP contribution in [0.15, 0.2) is 71.1 Å². The third kappa shape index (κ3) is 6.73. The highest BCUT2D eigenvalue weighted by Gasteiger charge is 2.25. The summed E-state index contributed by atoms with van der Waals surface area (Å²) in [5, 5.41) is 12.3. The summed E-state index contributed by atoms with van der Waals surface area (Å²) in [5.74, 6) is -0.00834. The van der Waals surface area contributed by atoms with E-state index in [4.69, 9.17) is 9.47 Å². The highest BCUT2D eigenvalue weighted by atomic mass is 32.2. The Bertz CT molecular complexity index is 1640. The molecule has 0 saturated carbocycles. The standard InChI is InChI=1S/C33H35N3O5S/c1-3-41-31-20-25(6-7-27(31)21-34)24-8-11-32-28(18-24)19-26(14-17-42(32,38)39)33(37)35-29-9-4-23(5-10-29)22-36(2)30-12-15-40-16-13-30/h4-11,18-20,30H,3,12-17,22H2,1-2H3,(H,35,37). The van der Waals surface area contributed by atoms with Gasteiger partial charge in [0.25, 0.3) is 5.91 Å². The van der Waals surface area contributed by atoms with E-state index in [0.29, 0.717) is 40.8 Å². The van der Waals surface area contributed by atoms with E-state index >= 15 is 0 Å². The Kier molecular flexibility index (Phi) is 9.07. The van der Waals surface area contributed by atoms with Crippen molar-refractivity contribution in [3.63, 3.8) is 0 Å². The molecule has 3 aromatic carbocycles. The van der Waals surface area contributed by atoms with E-state index in [9.17, 15) is 18.5 Å². The number of nitriles is 1. The second-order valence-electron chi connectivity index (χ2n) is 10.7. The van der Waals surface area contributed by atoms with Gasteiger partial charge in [-0.3, -0.25) is 9.69 Å². The van der Waals surface area contributed by atoms with Gasteiger partial charge in [0.1, 0.15) is 11.8 Å². The molecule has 2 aliphatic rings. The Hall–Kier alpha value is -3.97. The number of anilines is 1. The molecule has 0 spiro atoms. The smallest absolute Gasteiger partial charge is 0.251 e. The molecule has 2 aliphatic heterocycles. The highest BCUT2D eigenvalue weighted by Crippen LogP contribution is 2.33. The molecule has 1 amide bonds. The first-order chi connectivity index (χ1) is 20.3. The number of hydrogen-bond donors (Lipinski definition) is 1. The number of nitrogens with one attached hydrogen (secondary N) is 1. The van der Waals surface area contributed by atoms with Crippen LogP contribution in [0.3, 0.4) is 0 Å². The van der Waals surface area contributed by atoms with Gasteiger partial charge in [0.15, 0.2) is 9.84 Å². The Morgan fingerprint density at radius 2 is 1.79 bits per heavy atom. The zero-order valence-corrected chi connectivity index (χ0v) is 24.7. The van der Waals surface area contributed by atoms with Crippen molar-refractivity contribution in [1.82, 2.24) is 4.90 Å². The van der Waals surface area contributed by atoms with Gasteiger partial charge < -0.3 is 14.8 Å². The summed E-state index contributed by atoms with van der Waals surface area (Å²) in [6, 6.07) is 20.8. The lowest BCUT2D eigenvalue weighted by Crippen LogP contribution is -2.36. The average Bonchev–Trinajstić information content (AvgIpc) is 3.14. The van der Waals surface area contributed by atoms with Crippen LogP contribution in [0.25, 0.3) is 17.2 Å². The summed E-state index contributed by atoms with van der Waals surface area (Å²) in [4.78, 5) is 15.9. The molecule has 2 heterocycles. The van der Waals surface area contributed by atoms with Crippen molar-refractivity contribution in [3.8, 4) is 22.9 Å². The lowest BCUT2D eigenvalue weighted by atomic mass is 9.99. The monoisotopic (exact) mass is 585 g/mol. The molecule has 42 heavy (non-hydrogen) atoms. The Morgan fingerprint density at radius 1 is 1.07 bits per heavy atom. The maximum absolute atomic E-state index is 13.3. The van der Waals surface area contributed by atoms with Crippen LogP contribution >= 0.6 is 0 Å². The molecule has 1 fully saturated rings. The van der Waals surface area contributed by atoms with Crippen molar-refractivity contribution in [3.05, 3.63) is 82.9 Å². The Balaban J connectivity index is 1.35. The highest BCUT2D eigenvalue weighted by molar-refractivity contribution is 7.91. The topological polar surface area (TPSA) is 109 Å². The maximum Gasteiger partial charge on any atom is 0.251 e. The quantitative estimate of drug-likeness (QED) is 0.375. The zero-order valence-electron chi connectivity index (χ0n) is 23.9. The predicted molar refractivity (Wildman–Crippen MR) is 163 cm³/mol. The third-order valence-electron chi connectivity index (χ3n) is 7.80. The molecule has 218 valence electrons. The van der Waals surface area contributed by atoms with E-state index in [1.807, 2.05) is 31.2 Å². The van der Waals surface area contributed by atoms with Crippen molar-refractivity contribution in [2.75, 3.05) is 37.9 Å². The van der Waals surface area contributed by atoms with Crippen molar-refractivity contribution >= 4 is 27.5 Å². The van der Waals surface area contributed by atoms with Crippen molar-refractivity contribution in [1.29, 1.82) is 5.26 Å². The number of benzene rings is 3. The van der Waals surface area contributed by atoms with Crippen LogP contribution in [0.1, 0.15) is 42.9 Å². The summed E-state index contributed by atoms with van der Waals surface area (Å²) in [7, 11) is -1.46. The van der Waals surface area contributed by atoms with E-state index in [-0.39, 0.29) is 23.0 Å². The van der Waals surface area contributed by atoms with Gasteiger partial charge in [-0.2, -0.15) is 5.26 Å². The summed E-state index contributed by atoms with van der Waals surface area (Å²) < 4.78 is 37.3. The lowest BCUT2D eigenvalue weighted by Gasteiger charge is -2.31. The fourth-order valence-corrected chi connectivity index (χ4v) is 6.90. The van der Waals surface area contributed by atoms with Crippen LogP contribution in [0.4, 0.5) is 5.69 Å². The SMILES string of the molecule is CCOc1cc(-c2ccc3c(c2)C=C(C(=O)Nc2ccc(CN(C)C4CCOCC4)cc2)CCS3(=O)=O)ccc1C#N. The van der Waals surface area contributed by atoms with Crippen LogP contribution in [-0.2, 0) is 25.9 Å². The van der Waals surface area contributed by atoms with E-state index in [1.165, 1.54) is 0 Å². The van der Waals surface area contributed by atoms with E-state index in [2.05, 4.69) is 23.3 Å². The Morgan fingerprint density at radius 3 is 2.50 bits per heavy atom. The van der Waals surface area contributed by atoms with Crippen LogP contribution in [0.5, 0.6) is 5.75 Å². The largest absolute Gasteiger partial charge is 0.492 e. The number of carbonyl (C=O) groups is 1. The molecule has 9 heteroatoms.